The number of rotatable bonds is 3. The second-order valence-corrected chi connectivity index (χ2v) is 7.33. The first-order valence-corrected chi connectivity index (χ1v) is 8.86. The molecule has 0 spiro atoms. The fraction of sp³-hybridized carbons (Fsp3) is 0.350. The third-order valence-corrected chi connectivity index (χ3v) is 5.34. The third-order valence-electron chi connectivity index (χ3n) is 5.11. The summed E-state index contributed by atoms with van der Waals surface area (Å²) in [6.45, 7) is 2.41. The highest BCUT2D eigenvalue weighted by atomic mass is 35.5. The Balaban J connectivity index is 1.85. The molecule has 4 rings (SSSR count). The maximum absolute atomic E-state index is 11.1. The predicted molar refractivity (Wildman–Crippen MR) is 97.4 cm³/mol. The molecule has 0 aliphatic heterocycles. The van der Waals surface area contributed by atoms with Gasteiger partial charge in [0.25, 0.3) is 0 Å². The van der Waals surface area contributed by atoms with Crippen molar-refractivity contribution < 1.29 is 5.11 Å². The lowest BCUT2D eigenvalue weighted by molar-refractivity contribution is 0.0386. The van der Waals surface area contributed by atoms with Crippen molar-refractivity contribution in [1.82, 2.24) is 9.55 Å². The number of halogens is 1. The van der Waals surface area contributed by atoms with E-state index >= 15 is 0 Å². The van der Waals surface area contributed by atoms with Crippen LogP contribution in [0.4, 0.5) is 0 Å². The molecule has 1 aliphatic carbocycles. The Hall–Kier alpha value is -1.84. The van der Waals surface area contributed by atoms with Crippen LogP contribution >= 0.6 is 11.6 Å². The molecule has 0 radical (unpaired) electrons. The van der Waals surface area contributed by atoms with E-state index in [0.29, 0.717) is 6.54 Å². The molecule has 0 fully saturated rings. The molecule has 0 amide bonds. The highest BCUT2D eigenvalue weighted by Gasteiger charge is 2.28. The number of benzene rings is 1. The Morgan fingerprint density at radius 2 is 1.92 bits per heavy atom. The number of aromatic nitrogens is 2. The van der Waals surface area contributed by atoms with Crippen LogP contribution in [0.3, 0.4) is 0 Å². The van der Waals surface area contributed by atoms with Gasteiger partial charge in [0.1, 0.15) is 5.60 Å². The van der Waals surface area contributed by atoms with Crippen LogP contribution in [0, 0.1) is 0 Å². The fourth-order valence-corrected chi connectivity index (χ4v) is 4.07. The van der Waals surface area contributed by atoms with Gasteiger partial charge in [0.05, 0.1) is 6.54 Å². The standard InChI is InChI=1S/C20H21ClN2O/c1-20(24,14-8-10-22-11-9-14)13-23-18-5-3-2-4-16(18)17-12-15(21)6-7-19(17)23/h6-12,24H,2-5,13H2,1H3. The van der Waals surface area contributed by atoms with Crippen LogP contribution < -0.4 is 0 Å². The van der Waals surface area contributed by atoms with Crippen LogP contribution in [-0.4, -0.2) is 14.7 Å². The minimum atomic E-state index is -0.945. The van der Waals surface area contributed by atoms with Crippen molar-refractivity contribution in [3.8, 4) is 0 Å². The lowest BCUT2D eigenvalue weighted by atomic mass is 9.94. The SMILES string of the molecule is CC(O)(Cn1c2c(c3cc(Cl)ccc31)CCCC2)c1ccncc1. The van der Waals surface area contributed by atoms with E-state index < -0.39 is 5.60 Å². The number of pyridine rings is 1. The molecule has 3 aromatic rings. The molecule has 0 saturated carbocycles. The summed E-state index contributed by atoms with van der Waals surface area (Å²) >= 11 is 6.23. The molecule has 0 bridgehead atoms. The maximum Gasteiger partial charge on any atom is 0.105 e. The van der Waals surface area contributed by atoms with Gasteiger partial charge in [0.15, 0.2) is 0 Å². The molecule has 1 atom stereocenters. The van der Waals surface area contributed by atoms with Gasteiger partial charge < -0.3 is 9.67 Å². The highest BCUT2D eigenvalue weighted by Crippen LogP contribution is 2.36. The van der Waals surface area contributed by atoms with E-state index in [9.17, 15) is 5.11 Å². The average molecular weight is 341 g/mol. The molecule has 1 N–H and O–H groups in total. The van der Waals surface area contributed by atoms with E-state index in [1.807, 2.05) is 25.1 Å². The molecule has 1 aromatic carbocycles. The van der Waals surface area contributed by atoms with Gasteiger partial charge in [-0.15, -0.1) is 0 Å². The molecular formula is C20H21ClN2O. The number of hydrogen-bond donors (Lipinski definition) is 1. The van der Waals surface area contributed by atoms with Crippen molar-refractivity contribution in [3.63, 3.8) is 0 Å². The fourth-order valence-electron chi connectivity index (χ4n) is 3.90. The Labute approximate surface area is 146 Å². The topological polar surface area (TPSA) is 38.0 Å². The Bertz CT molecular complexity index is 884. The molecule has 0 saturated heterocycles. The average Bonchev–Trinajstić information content (AvgIpc) is 2.89. The van der Waals surface area contributed by atoms with Gasteiger partial charge in [0.2, 0.25) is 0 Å². The van der Waals surface area contributed by atoms with Gasteiger partial charge in [0, 0.05) is 34.0 Å². The quantitative estimate of drug-likeness (QED) is 0.763. The molecule has 1 unspecified atom stereocenters. The Morgan fingerprint density at radius 1 is 1.17 bits per heavy atom. The second-order valence-electron chi connectivity index (χ2n) is 6.89. The van der Waals surface area contributed by atoms with Crippen LogP contribution in [0.5, 0.6) is 0 Å². The van der Waals surface area contributed by atoms with Gasteiger partial charge in [-0.05, 0) is 74.1 Å². The number of hydrogen-bond acceptors (Lipinski definition) is 2. The van der Waals surface area contributed by atoms with Gasteiger partial charge in [-0.2, -0.15) is 0 Å². The van der Waals surface area contributed by atoms with Gasteiger partial charge in [-0.1, -0.05) is 11.6 Å². The van der Waals surface area contributed by atoms with E-state index in [0.717, 1.165) is 23.4 Å². The number of nitrogens with zero attached hydrogens (tertiary/aromatic N) is 2. The molecule has 3 nitrogen and oxygen atoms in total. The molecular weight excluding hydrogens is 320 g/mol. The van der Waals surface area contributed by atoms with E-state index in [1.165, 1.54) is 35.0 Å². The summed E-state index contributed by atoms with van der Waals surface area (Å²) in [6.07, 6.45) is 8.04. The van der Waals surface area contributed by atoms with Crippen molar-refractivity contribution in [2.24, 2.45) is 0 Å². The summed E-state index contributed by atoms with van der Waals surface area (Å²) in [5.74, 6) is 0. The third kappa shape index (κ3) is 2.62. The van der Waals surface area contributed by atoms with Gasteiger partial charge in [-0.3, -0.25) is 4.98 Å². The first-order valence-electron chi connectivity index (χ1n) is 8.49. The first-order chi connectivity index (χ1) is 11.6. The molecule has 124 valence electrons. The van der Waals surface area contributed by atoms with Crippen LogP contribution in [0.25, 0.3) is 10.9 Å². The van der Waals surface area contributed by atoms with E-state index in [4.69, 9.17) is 11.6 Å². The zero-order valence-electron chi connectivity index (χ0n) is 13.8. The van der Waals surface area contributed by atoms with Gasteiger partial charge >= 0.3 is 0 Å². The lowest BCUT2D eigenvalue weighted by Gasteiger charge is -2.27. The molecule has 2 heterocycles. The normalized spacial score (nSPS) is 16.8. The summed E-state index contributed by atoms with van der Waals surface area (Å²) < 4.78 is 2.29. The predicted octanol–water partition coefficient (Wildman–Crippen LogP) is 4.48. The summed E-state index contributed by atoms with van der Waals surface area (Å²) in [5, 5.41) is 13.1. The molecule has 1 aliphatic rings. The number of aryl methyl sites for hydroxylation is 1. The molecule has 2 aromatic heterocycles. The van der Waals surface area contributed by atoms with Gasteiger partial charge in [-0.25, -0.2) is 0 Å². The van der Waals surface area contributed by atoms with Crippen molar-refractivity contribution >= 4 is 22.5 Å². The van der Waals surface area contributed by atoms with Crippen LogP contribution in [0.1, 0.15) is 36.6 Å². The summed E-state index contributed by atoms with van der Waals surface area (Å²) in [7, 11) is 0. The minimum absolute atomic E-state index is 0.532. The zero-order chi connectivity index (χ0) is 16.7. The van der Waals surface area contributed by atoms with Crippen molar-refractivity contribution in [3.05, 3.63) is 64.6 Å². The Kier molecular flexibility index (Phi) is 3.86. The van der Waals surface area contributed by atoms with E-state index in [-0.39, 0.29) is 0 Å². The Morgan fingerprint density at radius 3 is 2.71 bits per heavy atom. The number of aliphatic hydroxyl groups is 1. The van der Waals surface area contributed by atoms with Crippen LogP contribution in [-0.2, 0) is 25.0 Å². The van der Waals surface area contributed by atoms with Crippen LogP contribution in [0.15, 0.2) is 42.7 Å². The lowest BCUT2D eigenvalue weighted by Crippen LogP contribution is -2.29. The summed E-state index contributed by atoms with van der Waals surface area (Å²) in [6, 6.07) is 9.86. The van der Waals surface area contributed by atoms with Crippen molar-refractivity contribution in [2.45, 2.75) is 44.8 Å². The minimum Gasteiger partial charge on any atom is -0.384 e. The van der Waals surface area contributed by atoms with E-state index in [1.54, 1.807) is 12.4 Å². The first kappa shape index (κ1) is 15.7. The van der Waals surface area contributed by atoms with Crippen molar-refractivity contribution in [1.29, 1.82) is 0 Å². The van der Waals surface area contributed by atoms with Crippen LogP contribution in [0.2, 0.25) is 5.02 Å². The largest absolute Gasteiger partial charge is 0.384 e. The molecule has 24 heavy (non-hydrogen) atoms. The van der Waals surface area contributed by atoms with E-state index in [2.05, 4.69) is 21.7 Å². The second kappa shape index (κ2) is 5.91. The zero-order valence-corrected chi connectivity index (χ0v) is 14.6. The smallest absolute Gasteiger partial charge is 0.105 e. The monoisotopic (exact) mass is 340 g/mol. The van der Waals surface area contributed by atoms with Crippen molar-refractivity contribution in [2.75, 3.05) is 0 Å². The number of fused-ring (bicyclic) bond motifs is 3. The highest BCUT2D eigenvalue weighted by molar-refractivity contribution is 6.31. The summed E-state index contributed by atoms with van der Waals surface area (Å²) in [5.41, 5.74) is 3.87. The summed E-state index contributed by atoms with van der Waals surface area (Å²) in [4.78, 5) is 4.05. The maximum atomic E-state index is 11.1. The molecule has 4 heteroatoms.